The van der Waals surface area contributed by atoms with Crippen LogP contribution in [-0.2, 0) is 11.2 Å². The smallest absolute Gasteiger partial charge is 0.241 e. The molecule has 1 aromatic carbocycles. The number of aromatic nitrogens is 1. The second-order valence-corrected chi connectivity index (χ2v) is 6.68. The van der Waals surface area contributed by atoms with Crippen molar-refractivity contribution in [2.45, 2.75) is 19.4 Å². The Morgan fingerprint density at radius 2 is 2.17 bits per heavy atom. The number of carbonyl (C=O) groups excluding carboxylic acids is 1. The second kappa shape index (κ2) is 7.38. The molecular formula is C19H19N3OS. The summed E-state index contributed by atoms with van der Waals surface area (Å²) in [6.07, 6.45) is 4.14. The number of hydrogen-bond donors (Lipinski definition) is 2. The fourth-order valence-corrected chi connectivity index (χ4v) is 3.33. The number of aryl methyl sites for hydroxylation is 1. The van der Waals surface area contributed by atoms with Crippen LogP contribution >= 0.6 is 11.3 Å². The highest BCUT2D eigenvalue weighted by atomic mass is 32.1. The monoisotopic (exact) mass is 337 g/mol. The quantitative estimate of drug-likeness (QED) is 0.747. The van der Waals surface area contributed by atoms with Gasteiger partial charge in [0.1, 0.15) is 0 Å². The molecule has 0 saturated carbocycles. The molecule has 0 radical (unpaired) electrons. The number of pyridine rings is 1. The predicted octanol–water partition coefficient (Wildman–Crippen LogP) is 3.63. The van der Waals surface area contributed by atoms with Crippen LogP contribution in [0.4, 0.5) is 5.69 Å². The highest BCUT2D eigenvalue weighted by Crippen LogP contribution is 2.25. The van der Waals surface area contributed by atoms with E-state index in [1.165, 1.54) is 0 Å². The number of anilines is 1. The molecule has 0 aliphatic heterocycles. The van der Waals surface area contributed by atoms with Gasteiger partial charge in [0.15, 0.2) is 0 Å². The number of hydrogen-bond acceptors (Lipinski definition) is 4. The number of thiophene rings is 1. The molecule has 122 valence electrons. The number of rotatable bonds is 5. The summed E-state index contributed by atoms with van der Waals surface area (Å²) in [5, 5.41) is 4.89. The Kier molecular flexibility index (Phi) is 5.03. The third kappa shape index (κ3) is 3.88. The van der Waals surface area contributed by atoms with E-state index < -0.39 is 6.04 Å². The van der Waals surface area contributed by atoms with Crippen LogP contribution in [0.25, 0.3) is 11.1 Å². The van der Waals surface area contributed by atoms with E-state index in [2.05, 4.69) is 10.3 Å². The van der Waals surface area contributed by atoms with E-state index in [1.807, 2.05) is 61.0 Å². The first-order valence-corrected chi connectivity index (χ1v) is 8.61. The van der Waals surface area contributed by atoms with Gasteiger partial charge in [-0.1, -0.05) is 18.2 Å². The van der Waals surface area contributed by atoms with Crippen LogP contribution in [0.5, 0.6) is 0 Å². The summed E-state index contributed by atoms with van der Waals surface area (Å²) < 4.78 is 0. The summed E-state index contributed by atoms with van der Waals surface area (Å²) in [6.45, 7) is 2.02. The minimum absolute atomic E-state index is 0.170. The summed E-state index contributed by atoms with van der Waals surface area (Å²) in [4.78, 5) is 17.5. The van der Waals surface area contributed by atoms with Crippen LogP contribution in [0.3, 0.4) is 0 Å². The third-order valence-electron chi connectivity index (χ3n) is 3.80. The first-order chi connectivity index (χ1) is 11.6. The van der Waals surface area contributed by atoms with E-state index in [1.54, 1.807) is 17.5 Å². The van der Waals surface area contributed by atoms with Gasteiger partial charge < -0.3 is 11.1 Å². The van der Waals surface area contributed by atoms with Crippen LogP contribution in [-0.4, -0.2) is 16.9 Å². The molecule has 5 heteroatoms. The van der Waals surface area contributed by atoms with E-state index in [9.17, 15) is 4.79 Å². The van der Waals surface area contributed by atoms with Gasteiger partial charge in [-0.05, 0) is 47.7 Å². The standard InChI is InChI=1S/C19H19N3OS/c1-13-10-15(6-7-17(13)14-4-2-8-21-12-14)22-19(23)18(20)11-16-5-3-9-24-16/h2-10,12,18H,11,20H2,1H3,(H,22,23). The Balaban J connectivity index is 1.69. The Labute approximate surface area is 145 Å². The SMILES string of the molecule is Cc1cc(NC(=O)C(N)Cc2cccs2)ccc1-c1cccnc1. The number of carbonyl (C=O) groups is 1. The molecule has 3 rings (SSSR count). The van der Waals surface area contributed by atoms with Gasteiger partial charge >= 0.3 is 0 Å². The molecule has 1 amide bonds. The van der Waals surface area contributed by atoms with Crippen molar-refractivity contribution in [1.29, 1.82) is 0 Å². The molecule has 0 saturated heterocycles. The average Bonchev–Trinajstić information content (AvgIpc) is 3.08. The Morgan fingerprint density at radius 3 is 2.83 bits per heavy atom. The predicted molar refractivity (Wildman–Crippen MR) is 99.0 cm³/mol. The summed E-state index contributed by atoms with van der Waals surface area (Å²) in [5.41, 5.74) is 9.99. The van der Waals surface area contributed by atoms with Gasteiger partial charge in [-0.15, -0.1) is 11.3 Å². The molecule has 4 nitrogen and oxygen atoms in total. The van der Waals surface area contributed by atoms with Gasteiger partial charge in [-0.25, -0.2) is 0 Å². The molecule has 1 atom stereocenters. The number of nitrogens with two attached hydrogens (primary N) is 1. The molecule has 24 heavy (non-hydrogen) atoms. The van der Waals surface area contributed by atoms with Crippen molar-refractivity contribution in [2.24, 2.45) is 5.73 Å². The highest BCUT2D eigenvalue weighted by Gasteiger charge is 2.15. The first-order valence-electron chi connectivity index (χ1n) is 7.73. The lowest BCUT2D eigenvalue weighted by Gasteiger charge is -2.13. The molecule has 0 aliphatic carbocycles. The van der Waals surface area contributed by atoms with Crippen molar-refractivity contribution in [3.8, 4) is 11.1 Å². The lowest BCUT2D eigenvalue weighted by Crippen LogP contribution is -2.37. The maximum absolute atomic E-state index is 12.3. The van der Waals surface area contributed by atoms with E-state index in [0.717, 1.165) is 27.3 Å². The van der Waals surface area contributed by atoms with Crippen molar-refractivity contribution in [1.82, 2.24) is 4.98 Å². The van der Waals surface area contributed by atoms with Crippen LogP contribution in [0, 0.1) is 6.92 Å². The fraction of sp³-hybridized carbons (Fsp3) is 0.158. The normalized spacial score (nSPS) is 11.9. The lowest BCUT2D eigenvalue weighted by molar-refractivity contribution is -0.117. The zero-order chi connectivity index (χ0) is 16.9. The van der Waals surface area contributed by atoms with Crippen LogP contribution in [0.1, 0.15) is 10.4 Å². The minimum atomic E-state index is -0.554. The van der Waals surface area contributed by atoms with Gasteiger partial charge in [0.05, 0.1) is 6.04 Å². The first kappa shape index (κ1) is 16.4. The van der Waals surface area contributed by atoms with Crippen molar-refractivity contribution in [3.63, 3.8) is 0 Å². The zero-order valence-electron chi connectivity index (χ0n) is 13.4. The van der Waals surface area contributed by atoms with Crippen LogP contribution in [0.2, 0.25) is 0 Å². The minimum Gasteiger partial charge on any atom is -0.325 e. The van der Waals surface area contributed by atoms with Crippen LogP contribution < -0.4 is 11.1 Å². The summed E-state index contributed by atoms with van der Waals surface area (Å²) >= 11 is 1.61. The van der Waals surface area contributed by atoms with E-state index in [-0.39, 0.29) is 5.91 Å². The molecule has 2 heterocycles. The molecule has 0 bridgehead atoms. The van der Waals surface area contributed by atoms with Gasteiger partial charge in [-0.2, -0.15) is 0 Å². The van der Waals surface area contributed by atoms with E-state index in [4.69, 9.17) is 5.73 Å². The second-order valence-electron chi connectivity index (χ2n) is 5.65. The van der Waals surface area contributed by atoms with Gasteiger partial charge in [0.2, 0.25) is 5.91 Å². The summed E-state index contributed by atoms with van der Waals surface area (Å²) in [6, 6.07) is 13.2. The Hall–Kier alpha value is -2.50. The summed E-state index contributed by atoms with van der Waals surface area (Å²) in [5.74, 6) is -0.170. The average molecular weight is 337 g/mol. The molecule has 3 aromatic rings. The highest BCUT2D eigenvalue weighted by molar-refractivity contribution is 7.09. The van der Waals surface area contributed by atoms with Gasteiger partial charge in [0, 0.05) is 34.9 Å². The number of benzene rings is 1. The maximum Gasteiger partial charge on any atom is 0.241 e. The largest absolute Gasteiger partial charge is 0.325 e. The van der Waals surface area contributed by atoms with Gasteiger partial charge in [0.25, 0.3) is 0 Å². The molecule has 2 aromatic heterocycles. The molecule has 0 fully saturated rings. The topological polar surface area (TPSA) is 68.0 Å². The third-order valence-corrected chi connectivity index (χ3v) is 4.70. The Morgan fingerprint density at radius 1 is 1.29 bits per heavy atom. The van der Waals surface area contributed by atoms with Crippen molar-refractivity contribution < 1.29 is 4.79 Å². The number of nitrogens with one attached hydrogen (secondary N) is 1. The van der Waals surface area contributed by atoms with Crippen molar-refractivity contribution >= 4 is 22.9 Å². The zero-order valence-corrected chi connectivity index (χ0v) is 14.2. The molecule has 1 unspecified atom stereocenters. The molecule has 0 aliphatic rings. The van der Waals surface area contributed by atoms with Gasteiger partial charge in [-0.3, -0.25) is 9.78 Å². The van der Waals surface area contributed by atoms with Crippen LogP contribution in [0.15, 0.2) is 60.2 Å². The fourth-order valence-electron chi connectivity index (χ4n) is 2.56. The summed E-state index contributed by atoms with van der Waals surface area (Å²) in [7, 11) is 0. The Bertz CT molecular complexity index is 816. The molecular weight excluding hydrogens is 318 g/mol. The molecule has 3 N–H and O–H groups in total. The maximum atomic E-state index is 12.3. The number of amides is 1. The molecule has 0 spiro atoms. The van der Waals surface area contributed by atoms with E-state index >= 15 is 0 Å². The van der Waals surface area contributed by atoms with Crippen molar-refractivity contribution in [2.75, 3.05) is 5.32 Å². The lowest BCUT2D eigenvalue weighted by atomic mass is 10.0. The van der Waals surface area contributed by atoms with E-state index in [0.29, 0.717) is 6.42 Å². The number of nitrogens with zero attached hydrogens (tertiary/aromatic N) is 1. The van der Waals surface area contributed by atoms with Crippen molar-refractivity contribution in [3.05, 3.63) is 70.7 Å².